The molecule has 0 aromatic carbocycles. The average molecular weight is 178 g/mol. The normalized spacial score (nSPS) is 10.8. The predicted octanol–water partition coefficient (Wildman–Crippen LogP) is -0.476. The summed E-state index contributed by atoms with van der Waals surface area (Å²) in [5.41, 5.74) is 6.09. The molecule has 0 saturated carbocycles. The number of aromatic amines is 1. The molecule has 68 valence electrons. The Labute approximate surface area is 74.2 Å². The Morgan fingerprint density at radius 2 is 2.46 bits per heavy atom. The van der Waals surface area contributed by atoms with E-state index in [-0.39, 0.29) is 5.43 Å². The van der Waals surface area contributed by atoms with Crippen LogP contribution in [0.4, 0.5) is 0 Å². The van der Waals surface area contributed by atoms with E-state index in [9.17, 15) is 4.79 Å². The van der Waals surface area contributed by atoms with Crippen LogP contribution in [-0.2, 0) is 6.42 Å². The van der Waals surface area contributed by atoms with Crippen LogP contribution < -0.4 is 11.2 Å². The summed E-state index contributed by atoms with van der Waals surface area (Å²) < 4.78 is 1.83. The second kappa shape index (κ2) is 3.02. The fraction of sp³-hybridized carbons (Fsp3) is 0.250. The Kier molecular flexibility index (Phi) is 1.86. The number of hydrogen-bond donors (Lipinski definition) is 2. The van der Waals surface area contributed by atoms with Gasteiger partial charge < -0.3 is 5.73 Å². The smallest absolute Gasteiger partial charge is 0.183 e. The summed E-state index contributed by atoms with van der Waals surface area (Å²) in [7, 11) is 0. The summed E-state index contributed by atoms with van der Waals surface area (Å²) in [5, 5.41) is 6.82. The van der Waals surface area contributed by atoms with Gasteiger partial charge in [0.1, 0.15) is 11.5 Å². The molecule has 2 rings (SSSR count). The highest BCUT2D eigenvalue weighted by atomic mass is 16.1. The Bertz CT molecular complexity index is 470. The molecular weight excluding hydrogens is 168 g/mol. The Balaban J connectivity index is 2.62. The number of H-pyrrole nitrogens is 1. The molecule has 0 saturated heterocycles. The van der Waals surface area contributed by atoms with E-state index in [0.717, 1.165) is 5.82 Å². The number of nitrogens with two attached hydrogens (primary N) is 1. The maximum atomic E-state index is 11.0. The second-order valence-electron chi connectivity index (χ2n) is 2.80. The zero-order chi connectivity index (χ0) is 9.26. The van der Waals surface area contributed by atoms with Gasteiger partial charge in [0.15, 0.2) is 5.43 Å². The molecule has 5 heteroatoms. The van der Waals surface area contributed by atoms with Crippen LogP contribution in [0.2, 0.25) is 0 Å². The molecule has 0 spiro atoms. The number of rotatable bonds is 2. The van der Waals surface area contributed by atoms with Gasteiger partial charge in [-0.1, -0.05) is 0 Å². The van der Waals surface area contributed by atoms with Gasteiger partial charge in [0.2, 0.25) is 0 Å². The van der Waals surface area contributed by atoms with Crippen LogP contribution in [-0.4, -0.2) is 21.1 Å². The minimum Gasteiger partial charge on any atom is -0.330 e. The van der Waals surface area contributed by atoms with Crippen molar-refractivity contribution < 1.29 is 0 Å². The van der Waals surface area contributed by atoms with Crippen LogP contribution in [0.5, 0.6) is 0 Å². The van der Waals surface area contributed by atoms with Crippen molar-refractivity contribution in [3.8, 4) is 0 Å². The number of aromatic nitrogens is 3. The minimum atomic E-state index is -0.0250. The third kappa shape index (κ3) is 1.33. The molecule has 0 fully saturated rings. The maximum Gasteiger partial charge on any atom is 0.183 e. The van der Waals surface area contributed by atoms with E-state index in [0.29, 0.717) is 18.6 Å². The van der Waals surface area contributed by atoms with Crippen molar-refractivity contribution in [2.75, 3.05) is 6.54 Å². The largest absolute Gasteiger partial charge is 0.330 e. The monoisotopic (exact) mass is 178 g/mol. The number of hydrogen-bond acceptors (Lipinski definition) is 3. The van der Waals surface area contributed by atoms with E-state index < -0.39 is 0 Å². The zero-order valence-corrected chi connectivity index (χ0v) is 7.03. The number of fused-ring (bicyclic) bond motifs is 1. The molecule has 0 bridgehead atoms. The molecule has 0 radical (unpaired) electrons. The molecule has 13 heavy (non-hydrogen) atoms. The van der Waals surface area contributed by atoms with E-state index in [1.54, 1.807) is 6.20 Å². The van der Waals surface area contributed by atoms with Gasteiger partial charge in [-0.3, -0.25) is 14.3 Å². The molecule has 0 atom stereocenters. The van der Waals surface area contributed by atoms with Crippen LogP contribution in [0.15, 0.2) is 23.1 Å². The number of nitrogens with zero attached hydrogens (tertiary/aromatic N) is 2. The lowest BCUT2D eigenvalue weighted by molar-refractivity contribution is 0.848. The zero-order valence-electron chi connectivity index (χ0n) is 7.03. The molecule has 2 aromatic rings. The molecule has 3 N–H and O–H groups in total. The molecule has 0 aliphatic carbocycles. The van der Waals surface area contributed by atoms with E-state index in [2.05, 4.69) is 10.2 Å². The average Bonchev–Trinajstić information content (AvgIpc) is 2.49. The van der Waals surface area contributed by atoms with Gasteiger partial charge in [0, 0.05) is 24.8 Å². The summed E-state index contributed by atoms with van der Waals surface area (Å²) in [6.45, 7) is 0.548. The van der Waals surface area contributed by atoms with Gasteiger partial charge in [-0.2, -0.15) is 5.10 Å². The maximum absolute atomic E-state index is 11.0. The van der Waals surface area contributed by atoms with Crippen molar-refractivity contribution in [1.29, 1.82) is 0 Å². The predicted molar refractivity (Wildman–Crippen MR) is 48.6 cm³/mol. The molecule has 2 aromatic heterocycles. The summed E-state index contributed by atoms with van der Waals surface area (Å²) in [4.78, 5) is 11.0. The highest BCUT2D eigenvalue weighted by molar-refractivity contribution is 5.37. The molecule has 0 aliphatic heterocycles. The van der Waals surface area contributed by atoms with Crippen LogP contribution in [0, 0.1) is 0 Å². The fourth-order valence-corrected chi connectivity index (χ4v) is 1.27. The van der Waals surface area contributed by atoms with Gasteiger partial charge in [-0.05, 0) is 6.54 Å². The van der Waals surface area contributed by atoms with Gasteiger partial charge >= 0.3 is 0 Å². The summed E-state index contributed by atoms with van der Waals surface area (Å²) >= 11 is 0. The van der Waals surface area contributed by atoms with Crippen LogP contribution in [0.25, 0.3) is 5.65 Å². The number of pyridine rings is 1. The molecule has 2 heterocycles. The molecule has 5 nitrogen and oxygen atoms in total. The first-order chi connectivity index (χ1) is 6.31. The molecule has 0 unspecified atom stereocenters. The van der Waals surface area contributed by atoms with Gasteiger partial charge in [-0.25, -0.2) is 0 Å². The quantitative estimate of drug-likeness (QED) is 0.652. The first kappa shape index (κ1) is 8.00. The molecule has 0 aliphatic rings. The summed E-state index contributed by atoms with van der Waals surface area (Å²) in [6.07, 6.45) is 2.40. The van der Waals surface area contributed by atoms with Gasteiger partial charge in [0.05, 0.1) is 0 Å². The van der Waals surface area contributed by atoms with Crippen molar-refractivity contribution in [2.45, 2.75) is 6.42 Å². The van der Waals surface area contributed by atoms with Crippen molar-refractivity contribution in [2.24, 2.45) is 5.73 Å². The van der Waals surface area contributed by atoms with Crippen molar-refractivity contribution in [3.05, 3.63) is 34.4 Å². The third-order valence-corrected chi connectivity index (χ3v) is 1.87. The highest BCUT2D eigenvalue weighted by Gasteiger charge is 2.01. The van der Waals surface area contributed by atoms with E-state index in [4.69, 9.17) is 5.73 Å². The second-order valence-corrected chi connectivity index (χ2v) is 2.80. The lowest BCUT2D eigenvalue weighted by Crippen LogP contribution is -2.07. The van der Waals surface area contributed by atoms with Crippen LogP contribution >= 0.6 is 0 Å². The standard InChI is InChI=1S/C8H10N4O/c9-3-1-7-10-11-8-5-6(13)2-4-12(7)8/h2,4-5,11H,1,3,9H2. The topological polar surface area (TPSA) is 76.2 Å². The van der Waals surface area contributed by atoms with E-state index in [1.165, 1.54) is 12.1 Å². The van der Waals surface area contributed by atoms with Crippen molar-refractivity contribution in [1.82, 2.24) is 14.6 Å². The lowest BCUT2D eigenvalue weighted by Gasteiger charge is -1.95. The van der Waals surface area contributed by atoms with Crippen LogP contribution in [0.1, 0.15) is 5.82 Å². The van der Waals surface area contributed by atoms with Crippen molar-refractivity contribution >= 4 is 5.65 Å². The van der Waals surface area contributed by atoms with Gasteiger partial charge in [0.25, 0.3) is 0 Å². The summed E-state index contributed by atoms with van der Waals surface area (Å²) in [6, 6.07) is 3.01. The van der Waals surface area contributed by atoms with Gasteiger partial charge in [-0.15, -0.1) is 0 Å². The number of nitrogens with one attached hydrogen (secondary N) is 1. The van der Waals surface area contributed by atoms with E-state index in [1.807, 2.05) is 4.40 Å². The Hall–Kier alpha value is -1.62. The molecule has 0 amide bonds. The first-order valence-electron chi connectivity index (χ1n) is 4.07. The van der Waals surface area contributed by atoms with Crippen LogP contribution in [0.3, 0.4) is 0 Å². The third-order valence-electron chi connectivity index (χ3n) is 1.87. The SMILES string of the molecule is NCCc1n[nH]c2cc(=O)ccn12. The summed E-state index contributed by atoms with van der Waals surface area (Å²) in [5.74, 6) is 0.845. The molecular formula is C8H10N4O. The first-order valence-corrected chi connectivity index (χ1v) is 4.07. The minimum absolute atomic E-state index is 0.0250. The fourth-order valence-electron chi connectivity index (χ4n) is 1.27. The van der Waals surface area contributed by atoms with E-state index >= 15 is 0 Å². The van der Waals surface area contributed by atoms with Crippen molar-refractivity contribution in [3.63, 3.8) is 0 Å². The lowest BCUT2D eigenvalue weighted by atomic mass is 10.4. The Morgan fingerprint density at radius 1 is 1.62 bits per heavy atom. The highest BCUT2D eigenvalue weighted by Crippen LogP contribution is 1.99. The Morgan fingerprint density at radius 3 is 3.23 bits per heavy atom.